The minimum absolute atomic E-state index is 0.0781. The highest BCUT2D eigenvalue weighted by Gasteiger charge is 2.18. The number of ether oxygens (including phenoxy) is 1. The highest BCUT2D eigenvalue weighted by atomic mass is 32.1. The van der Waals surface area contributed by atoms with Crippen molar-refractivity contribution in [2.45, 2.75) is 6.23 Å². The molecule has 1 atom stereocenters. The van der Waals surface area contributed by atoms with E-state index in [9.17, 15) is 9.90 Å². The zero-order valence-electron chi connectivity index (χ0n) is 8.66. The average Bonchev–Trinajstić information content (AvgIpc) is 2.63. The van der Waals surface area contributed by atoms with E-state index < -0.39 is 6.23 Å². The number of aromatic nitrogens is 1. The second-order valence-corrected chi connectivity index (χ2v) is 4.05. The van der Waals surface area contributed by atoms with Crippen LogP contribution in [0.15, 0.2) is 40.5 Å². The summed E-state index contributed by atoms with van der Waals surface area (Å²) in [4.78, 5) is 11.3. The van der Waals surface area contributed by atoms with E-state index in [0.29, 0.717) is 0 Å². The molecule has 0 aliphatic carbocycles. The summed E-state index contributed by atoms with van der Waals surface area (Å²) < 4.78 is 6.47. The van der Waals surface area contributed by atoms with Gasteiger partial charge in [0.25, 0.3) is 0 Å². The molecule has 0 spiro atoms. The first-order chi connectivity index (χ1) is 7.74. The van der Waals surface area contributed by atoms with Crippen LogP contribution in [0.2, 0.25) is 0 Å². The average molecular weight is 237 g/mol. The predicted octanol–water partition coefficient (Wildman–Crippen LogP) is 1.81. The Kier molecular flexibility index (Phi) is 3.07. The molecule has 0 fully saturated rings. The molecule has 1 N–H and O–H groups in total. The van der Waals surface area contributed by atoms with Crippen molar-refractivity contribution in [1.82, 2.24) is 4.57 Å². The van der Waals surface area contributed by atoms with Gasteiger partial charge in [0.2, 0.25) is 5.88 Å². The number of nitrogens with zero attached hydrogens (tertiary/aromatic N) is 1. The van der Waals surface area contributed by atoms with Crippen LogP contribution in [0.4, 0.5) is 0 Å². The van der Waals surface area contributed by atoms with Crippen molar-refractivity contribution < 1.29 is 9.84 Å². The Hall–Kier alpha value is -1.59. The zero-order valence-corrected chi connectivity index (χ0v) is 9.48. The van der Waals surface area contributed by atoms with Crippen molar-refractivity contribution in [1.29, 1.82) is 0 Å². The van der Waals surface area contributed by atoms with Gasteiger partial charge in [-0.25, -0.2) is 4.57 Å². The van der Waals surface area contributed by atoms with Crippen LogP contribution in [0.3, 0.4) is 0 Å². The third-order valence-corrected chi connectivity index (χ3v) is 2.98. The summed E-state index contributed by atoms with van der Waals surface area (Å²) in [5.41, 5.74) is 0.820. The van der Waals surface area contributed by atoms with E-state index in [1.807, 2.05) is 30.3 Å². The zero-order chi connectivity index (χ0) is 11.5. The van der Waals surface area contributed by atoms with Gasteiger partial charge in [-0.15, -0.1) is 0 Å². The van der Waals surface area contributed by atoms with E-state index in [1.54, 1.807) is 0 Å². The van der Waals surface area contributed by atoms with Crippen molar-refractivity contribution in [2.24, 2.45) is 0 Å². The molecule has 5 heteroatoms. The van der Waals surface area contributed by atoms with Crippen LogP contribution in [0.5, 0.6) is 5.88 Å². The van der Waals surface area contributed by atoms with Gasteiger partial charge in [0.05, 0.1) is 5.38 Å². The Balaban J connectivity index is 2.49. The molecule has 1 heterocycles. The molecule has 0 aliphatic rings. The van der Waals surface area contributed by atoms with Gasteiger partial charge >= 0.3 is 4.87 Å². The van der Waals surface area contributed by atoms with Crippen molar-refractivity contribution in [3.63, 3.8) is 0 Å². The molecular formula is C11H11NO3S. The van der Waals surface area contributed by atoms with Crippen LogP contribution < -0.4 is 4.87 Å². The lowest BCUT2D eigenvalue weighted by atomic mass is 10.2. The first-order valence-corrected chi connectivity index (χ1v) is 5.58. The normalized spacial score (nSPS) is 12.6. The third-order valence-electron chi connectivity index (χ3n) is 2.25. The Morgan fingerprint density at radius 3 is 2.56 bits per heavy atom. The number of aromatic hydroxyl groups is 1. The van der Waals surface area contributed by atoms with Crippen molar-refractivity contribution in [2.75, 3.05) is 7.11 Å². The fraction of sp³-hybridized carbons (Fsp3) is 0.182. The van der Waals surface area contributed by atoms with Gasteiger partial charge in [0, 0.05) is 12.7 Å². The quantitative estimate of drug-likeness (QED) is 0.885. The van der Waals surface area contributed by atoms with E-state index in [-0.39, 0.29) is 10.8 Å². The lowest BCUT2D eigenvalue weighted by Crippen LogP contribution is -2.21. The molecule has 2 rings (SSSR count). The molecule has 84 valence electrons. The molecule has 0 saturated carbocycles. The lowest BCUT2D eigenvalue weighted by Gasteiger charge is -2.16. The first kappa shape index (κ1) is 10.9. The lowest BCUT2D eigenvalue weighted by molar-refractivity contribution is 0.0704. The number of methoxy groups -OCH3 is 1. The van der Waals surface area contributed by atoms with Gasteiger partial charge in [-0.3, -0.25) is 4.79 Å². The first-order valence-electron chi connectivity index (χ1n) is 4.70. The van der Waals surface area contributed by atoms with Gasteiger partial charge in [0.15, 0.2) is 6.23 Å². The monoisotopic (exact) mass is 237 g/mol. The maximum atomic E-state index is 11.6. The molecule has 0 bridgehead atoms. The highest BCUT2D eigenvalue weighted by molar-refractivity contribution is 7.07. The topological polar surface area (TPSA) is 51.5 Å². The van der Waals surface area contributed by atoms with Crippen LogP contribution in [0.1, 0.15) is 11.8 Å². The third kappa shape index (κ3) is 1.87. The van der Waals surface area contributed by atoms with Crippen LogP contribution in [-0.4, -0.2) is 16.8 Å². The van der Waals surface area contributed by atoms with Crippen LogP contribution in [0, 0.1) is 0 Å². The molecule has 4 nitrogen and oxygen atoms in total. The summed E-state index contributed by atoms with van der Waals surface area (Å²) >= 11 is 0.947. The van der Waals surface area contributed by atoms with E-state index in [4.69, 9.17) is 4.74 Å². The number of hydrogen-bond donors (Lipinski definition) is 1. The standard InChI is InChI=1S/C11H11NO3S/c1-15-10(8-5-3-2-4-6-8)12-9(13)7-16-11(12)14/h2-7,10,13H,1H3. The number of thiazole rings is 1. The summed E-state index contributed by atoms with van der Waals surface area (Å²) in [5.74, 6) is -0.0781. The molecule has 0 saturated heterocycles. The van der Waals surface area contributed by atoms with Crippen molar-refractivity contribution in [3.05, 3.63) is 50.9 Å². The SMILES string of the molecule is COC(c1ccccc1)n1c(O)csc1=O. The molecule has 0 aliphatic heterocycles. The van der Waals surface area contributed by atoms with Crippen molar-refractivity contribution >= 4 is 11.3 Å². The summed E-state index contributed by atoms with van der Waals surface area (Å²) in [6.45, 7) is 0. The molecular weight excluding hydrogens is 226 g/mol. The number of rotatable bonds is 3. The molecule has 1 unspecified atom stereocenters. The minimum atomic E-state index is -0.583. The smallest absolute Gasteiger partial charge is 0.312 e. The van der Waals surface area contributed by atoms with E-state index >= 15 is 0 Å². The largest absolute Gasteiger partial charge is 0.494 e. The molecule has 2 aromatic rings. The van der Waals surface area contributed by atoms with E-state index in [1.165, 1.54) is 17.1 Å². The molecule has 1 aromatic heterocycles. The Morgan fingerprint density at radius 1 is 1.38 bits per heavy atom. The molecule has 0 radical (unpaired) electrons. The van der Waals surface area contributed by atoms with Gasteiger partial charge in [0.1, 0.15) is 0 Å². The van der Waals surface area contributed by atoms with Gasteiger partial charge < -0.3 is 9.84 Å². The highest BCUT2D eigenvalue weighted by Crippen LogP contribution is 2.23. The summed E-state index contributed by atoms with van der Waals surface area (Å²) in [6, 6.07) is 9.29. The van der Waals surface area contributed by atoms with E-state index in [2.05, 4.69) is 0 Å². The van der Waals surface area contributed by atoms with Gasteiger partial charge in [-0.1, -0.05) is 41.7 Å². The van der Waals surface area contributed by atoms with Gasteiger partial charge in [-0.05, 0) is 0 Å². The van der Waals surface area contributed by atoms with E-state index in [0.717, 1.165) is 16.9 Å². The molecule has 0 amide bonds. The Labute approximate surface area is 96.4 Å². The fourth-order valence-electron chi connectivity index (χ4n) is 1.53. The van der Waals surface area contributed by atoms with Crippen molar-refractivity contribution in [3.8, 4) is 5.88 Å². The van der Waals surface area contributed by atoms with Crippen LogP contribution >= 0.6 is 11.3 Å². The summed E-state index contributed by atoms with van der Waals surface area (Å²) in [7, 11) is 1.50. The Morgan fingerprint density at radius 2 is 2.06 bits per heavy atom. The molecule has 1 aromatic carbocycles. The second-order valence-electron chi connectivity index (χ2n) is 3.23. The van der Waals surface area contributed by atoms with Crippen LogP contribution in [-0.2, 0) is 4.74 Å². The Bertz CT molecular complexity index is 518. The maximum Gasteiger partial charge on any atom is 0.312 e. The van der Waals surface area contributed by atoms with Crippen LogP contribution in [0.25, 0.3) is 0 Å². The minimum Gasteiger partial charge on any atom is -0.494 e. The fourth-order valence-corrected chi connectivity index (χ4v) is 2.16. The molecule has 16 heavy (non-hydrogen) atoms. The predicted molar refractivity (Wildman–Crippen MR) is 61.8 cm³/mol. The number of benzene rings is 1. The maximum absolute atomic E-state index is 11.6. The summed E-state index contributed by atoms with van der Waals surface area (Å²) in [6.07, 6.45) is -0.583. The number of hydrogen-bond acceptors (Lipinski definition) is 4. The second kappa shape index (κ2) is 4.51. The summed E-state index contributed by atoms with van der Waals surface area (Å²) in [5, 5.41) is 11.0. The van der Waals surface area contributed by atoms with Gasteiger partial charge in [-0.2, -0.15) is 0 Å².